The molecule has 2 aromatic rings. The molecule has 2 aliphatic carbocycles. The second-order valence-corrected chi connectivity index (χ2v) is 17.6. The van der Waals surface area contributed by atoms with Gasteiger partial charge in [0.2, 0.25) is 0 Å². The molecule has 6 rings (SSSR count). The third-order valence-electron chi connectivity index (χ3n) is 9.86. The maximum absolute atomic E-state index is 13.2. The zero-order valence-electron chi connectivity index (χ0n) is 23.5. The van der Waals surface area contributed by atoms with Gasteiger partial charge < -0.3 is 23.5 Å². The molecule has 202 valence electrons. The van der Waals surface area contributed by atoms with Crippen molar-refractivity contribution in [2.45, 2.75) is 75.4 Å². The number of likely N-dealkylation sites (N-methyl/N-ethyl adjacent to an activating group) is 1. The number of carbonyl (C=O) groups excluding carboxylic acids is 1. The van der Waals surface area contributed by atoms with Crippen molar-refractivity contribution in [2.75, 3.05) is 20.7 Å². The largest absolute Gasteiger partial charge is 0.541 e. The van der Waals surface area contributed by atoms with Crippen molar-refractivity contribution in [2.24, 2.45) is 5.92 Å². The van der Waals surface area contributed by atoms with Gasteiger partial charge in [0.05, 0.1) is 12.7 Å². The molecule has 0 N–H and O–H groups in total. The summed E-state index contributed by atoms with van der Waals surface area (Å²) in [5.74, 6) is 2.38. The summed E-state index contributed by atoms with van der Waals surface area (Å²) in [6.07, 6.45) is 5.54. The smallest absolute Gasteiger partial charge is 0.338 e. The first kappa shape index (κ1) is 25.5. The number of rotatable bonds is 5. The van der Waals surface area contributed by atoms with Crippen molar-refractivity contribution in [1.82, 2.24) is 4.90 Å². The molecule has 2 aliphatic heterocycles. The van der Waals surface area contributed by atoms with Crippen molar-refractivity contribution in [3.63, 3.8) is 0 Å². The Hall–Kier alpha value is -2.77. The lowest BCUT2D eigenvalue weighted by Gasteiger charge is -2.56. The third-order valence-corrected chi connectivity index (χ3v) is 14.2. The monoisotopic (exact) mass is 533 g/mol. The van der Waals surface area contributed by atoms with Crippen LogP contribution in [-0.4, -0.2) is 58.1 Å². The van der Waals surface area contributed by atoms with Gasteiger partial charge in [0.15, 0.2) is 11.9 Å². The summed E-state index contributed by atoms with van der Waals surface area (Å²) in [6, 6.07) is 11.8. The Morgan fingerprint density at radius 1 is 1.11 bits per heavy atom. The van der Waals surface area contributed by atoms with Crippen molar-refractivity contribution in [1.29, 1.82) is 0 Å². The standard InChI is InChI=1S/C31H39NO5Si/c1-30(2,3)38(6,7)37-24-14-10-20-18-23-22-13-15-25(35-29(33)19-8-11-21(34-5)12-9-19)28-31(22,16-17-32(23)4)26(20)27(24)36-28/h8-15,22-23,25,28H,16-18H2,1-7H3/t22-,23+,25-,28-,31-/m0/s1. The highest BCUT2D eigenvalue weighted by molar-refractivity contribution is 6.74. The lowest BCUT2D eigenvalue weighted by Crippen LogP contribution is -2.65. The Morgan fingerprint density at radius 3 is 2.53 bits per heavy atom. The fourth-order valence-corrected chi connectivity index (χ4v) is 7.75. The van der Waals surface area contributed by atoms with E-state index in [1.54, 1.807) is 31.4 Å². The highest BCUT2D eigenvalue weighted by atomic mass is 28.4. The lowest BCUT2D eigenvalue weighted by molar-refractivity contribution is -0.0554. The van der Waals surface area contributed by atoms with Crippen LogP contribution in [0.1, 0.15) is 48.7 Å². The first-order valence-corrected chi connectivity index (χ1v) is 16.6. The van der Waals surface area contributed by atoms with E-state index >= 15 is 0 Å². The quantitative estimate of drug-likeness (QED) is 0.277. The molecule has 5 atom stereocenters. The Bertz CT molecular complexity index is 1300. The maximum atomic E-state index is 13.2. The van der Waals surface area contributed by atoms with Crippen molar-refractivity contribution in [3.05, 3.63) is 65.2 Å². The minimum atomic E-state index is -2.09. The Balaban J connectivity index is 1.40. The van der Waals surface area contributed by atoms with E-state index in [0.717, 1.165) is 30.9 Å². The van der Waals surface area contributed by atoms with Crippen LogP contribution in [0.5, 0.6) is 17.2 Å². The van der Waals surface area contributed by atoms with E-state index in [1.165, 1.54) is 11.1 Å². The average Bonchev–Trinajstić information content (AvgIpc) is 3.23. The van der Waals surface area contributed by atoms with Gasteiger partial charge in [0.1, 0.15) is 17.6 Å². The molecule has 6 nitrogen and oxygen atoms in total. The third kappa shape index (κ3) is 3.65. The molecule has 2 aromatic carbocycles. The predicted octanol–water partition coefficient (Wildman–Crippen LogP) is 5.75. The number of likely N-dealkylation sites (tertiary alicyclic amines) is 1. The van der Waals surface area contributed by atoms with Gasteiger partial charge in [-0.2, -0.15) is 0 Å². The SMILES string of the molecule is COc1ccc(C(=O)O[C@H]2C=C[C@H]3[C@H]4Cc5ccc(O[Si](C)(C)C(C)(C)C)c6c5[C@@]3(CCN4C)[C@H]2O6)cc1. The van der Waals surface area contributed by atoms with Gasteiger partial charge in [0.25, 0.3) is 8.32 Å². The summed E-state index contributed by atoms with van der Waals surface area (Å²) in [6.45, 7) is 12.3. The fourth-order valence-electron chi connectivity index (χ4n) is 6.74. The highest BCUT2D eigenvalue weighted by Crippen LogP contribution is 2.63. The molecule has 2 bridgehead atoms. The van der Waals surface area contributed by atoms with E-state index in [1.807, 2.05) is 0 Å². The van der Waals surface area contributed by atoms with Crippen molar-refractivity contribution >= 4 is 14.3 Å². The van der Waals surface area contributed by atoms with Crippen LogP contribution >= 0.6 is 0 Å². The number of hydrogen-bond acceptors (Lipinski definition) is 6. The summed E-state index contributed by atoms with van der Waals surface area (Å²) in [5, 5.41) is 0.0679. The first-order valence-electron chi connectivity index (χ1n) is 13.7. The van der Waals surface area contributed by atoms with E-state index in [4.69, 9.17) is 18.6 Å². The summed E-state index contributed by atoms with van der Waals surface area (Å²) in [5.41, 5.74) is 2.91. The summed E-state index contributed by atoms with van der Waals surface area (Å²) < 4.78 is 25.2. The fraction of sp³-hybridized carbons (Fsp3) is 0.516. The topological polar surface area (TPSA) is 57.2 Å². The number of hydrogen-bond donors (Lipinski definition) is 0. The maximum Gasteiger partial charge on any atom is 0.338 e. The second-order valence-electron chi connectivity index (χ2n) is 12.9. The lowest BCUT2D eigenvalue weighted by atomic mass is 9.53. The number of methoxy groups -OCH3 is 1. The van der Waals surface area contributed by atoms with Gasteiger partial charge in [-0.1, -0.05) is 32.9 Å². The van der Waals surface area contributed by atoms with Gasteiger partial charge in [-0.05, 0) is 86.5 Å². The summed E-state index contributed by atoms with van der Waals surface area (Å²) >= 11 is 0. The van der Waals surface area contributed by atoms with Gasteiger partial charge in [-0.25, -0.2) is 4.79 Å². The molecule has 0 aromatic heterocycles. The zero-order valence-corrected chi connectivity index (χ0v) is 24.5. The number of carbonyl (C=O) groups is 1. The molecular weight excluding hydrogens is 494 g/mol. The van der Waals surface area contributed by atoms with Gasteiger partial charge >= 0.3 is 5.97 Å². The highest BCUT2D eigenvalue weighted by Gasteiger charge is 2.65. The van der Waals surface area contributed by atoms with E-state index < -0.39 is 14.4 Å². The van der Waals surface area contributed by atoms with E-state index in [2.05, 4.69) is 70.1 Å². The normalized spacial score (nSPS) is 29.3. The summed E-state index contributed by atoms with van der Waals surface area (Å²) in [7, 11) is 1.75. The molecule has 1 saturated heterocycles. The van der Waals surface area contributed by atoms with Crippen LogP contribution in [0.2, 0.25) is 18.1 Å². The van der Waals surface area contributed by atoms with Gasteiger partial charge in [-0.15, -0.1) is 0 Å². The molecule has 1 spiro atoms. The van der Waals surface area contributed by atoms with Crippen LogP contribution in [0.15, 0.2) is 48.6 Å². The molecule has 1 fully saturated rings. The predicted molar refractivity (Wildman–Crippen MR) is 150 cm³/mol. The van der Waals surface area contributed by atoms with Crippen molar-refractivity contribution in [3.8, 4) is 17.2 Å². The van der Waals surface area contributed by atoms with E-state index in [-0.39, 0.29) is 22.5 Å². The Labute approximate surface area is 227 Å². The molecule has 0 saturated carbocycles. The van der Waals surface area contributed by atoms with Crippen molar-refractivity contribution < 1.29 is 23.4 Å². The first-order chi connectivity index (χ1) is 18.0. The van der Waals surface area contributed by atoms with Crippen LogP contribution in [0, 0.1) is 5.92 Å². The number of nitrogens with zero attached hydrogens (tertiary/aromatic N) is 1. The molecule has 2 heterocycles. The van der Waals surface area contributed by atoms with Gasteiger partial charge in [-0.3, -0.25) is 0 Å². The molecule has 7 heteroatoms. The number of benzene rings is 2. The Kier molecular flexibility index (Phi) is 5.78. The molecule has 4 aliphatic rings. The zero-order chi connectivity index (χ0) is 27.0. The number of piperidine rings is 1. The van der Waals surface area contributed by atoms with Crippen LogP contribution in [0.4, 0.5) is 0 Å². The molecule has 0 radical (unpaired) electrons. The Morgan fingerprint density at radius 2 is 1.84 bits per heavy atom. The average molecular weight is 534 g/mol. The van der Waals surface area contributed by atoms with Crippen LogP contribution < -0.4 is 13.9 Å². The minimum absolute atomic E-state index is 0.0679. The van der Waals surface area contributed by atoms with Gasteiger partial charge in [0, 0.05) is 22.9 Å². The number of esters is 1. The van der Waals surface area contributed by atoms with E-state index in [9.17, 15) is 4.79 Å². The molecule has 38 heavy (non-hydrogen) atoms. The van der Waals surface area contributed by atoms with Crippen LogP contribution in [0.3, 0.4) is 0 Å². The number of ether oxygens (including phenoxy) is 3. The molecule has 0 amide bonds. The minimum Gasteiger partial charge on any atom is -0.541 e. The molecule has 0 unspecified atom stereocenters. The second kappa shape index (κ2) is 8.62. The summed E-state index contributed by atoms with van der Waals surface area (Å²) in [4.78, 5) is 15.7. The van der Waals surface area contributed by atoms with Crippen LogP contribution in [-0.2, 0) is 16.6 Å². The van der Waals surface area contributed by atoms with Crippen LogP contribution in [0.25, 0.3) is 0 Å². The molecular formula is C31H39NO5Si. The van der Waals surface area contributed by atoms with E-state index in [0.29, 0.717) is 23.3 Å².